The van der Waals surface area contributed by atoms with E-state index in [0.29, 0.717) is 5.69 Å². The number of aromatic nitrogens is 2. The number of nitrogens with one attached hydrogen (secondary N) is 2. The van der Waals surface area contributed by atoms with Gasteiger partial charge in [0, 0.05) is 18.6 Å². The van der Waals surface area contributed by atoms with Crippen LogP contribution in [0.2, 0.25) is 0 Å². The predicted octanol–water partition coefficient (Wildman–Crippen LogP) is 6.46. The SMILES string of the molecule is CN1C=CC(c2cc(C(=O)Nc3c4cc(C(F)(F)F)ccc4nn3-c3ccccc3)c(F)cc2C(F)(F)F)N1. The van der Waals surface area contributed by atoms with Crippen LogP contribution in [0.25, 0.3) is 16.6 Å². The van der Waals surface area contributed by atoms with E-state index in [0.717, 1.165) is 24.3 Å². The smallest absolute Gasteiger partial charge is 0.318 e. The van der Waals surface area contributed by atoms with Crippen molar-refractivity contribution in [2.24, 2.45) is 0 Å². The molecule has 39 heavy (non-hydrogen) atoms. The molecular formula is C26H18F7N5O. The van der Waals surface area contributed by atoms with E-state index in [1.807, 2.05) is 0 Å². The van der Waals surface area contributed by atoms with Crippen LogP contribution < -0.4 is 10.7 Å². The van der Waals surface area contributed by atoms with E-state index in [-0.39, 0.29) is 22.8 Å². The van der Waals surface area contributed by atoms with Gasteiger partial charge in [-0.25, -0.2) is 14.5 Å². The molecule has 2 N–H and O–H groups in total. The first kappa shape index (κ1) is 26.2. The third kappa shape index (κ3) is 5.04. The molecule has 3 aromatic carbocycles. The van der Waals surface area contributed by atoms with Crippen LogP contribution in [-0.2, 0) is 12.4 Å². The lowest BCUT2D eigenvalue weighted by molar-refractivity contribution is -0.139. The molecule has 1 unspecified atom stereocenters. The lowest BCUT2D eigenvalue weighted by atomic mass is 9.96. The number of alkyl halides is 6. The summed E-state index contributed by atoms with van der Waals surface area (Å²) in [6, 6.07) is 10.9. The number of nitrogens with zero attached hydrogens (tertiary/aromatic N) is 3. The Bertz CT molecular complexity index is 1590. The Morgan fingerprint density at radius 3 is 2.31 bits per heavy atom. The Morgan fingerprint density at radius 2 is 1.69 bits per heavy atom. The summed E-state index contributed by atoms with van der Waals surface area (Å²) in [5, 5.41) is 7.95. The number of carbonyl (C=O) groups is 1. The summed E-state index contributed by atoms with van der Waals surface area (Å²) >= 11 is 0. The quantitative estimate of drug-likeness (QED) is 0.287. The number of hydrogen-bond acceptors (Lipinski definition) is 4. The number of carbonyl (C=O) groups excluding carboxylic acids is 1. The fourth-order valence-corrected chi connectivity index (χ4v) is 4.27. The summed E-state index contributed by atoms with van der Waals surface area (Å²) in [5.41, 5.74) is -0.221. The highest BCUT2D eigenvalue weighted by Gasteiger charge is 2.38. The van der Waals surface area contributed by atoms with E-state index < -0.39 is 52.4 Å². The van der Waals surface area contributed by atoms with Crippen molar-refractivity contribution in [1.29, 1.82) is 0 Å². The highest BCUT2D eigenvalue weighted by atomic mass is 19.4. The average Bonchev–Trinajstić information content (AvgIpc) is 3.46. The first-order valence-electron chi connectivity index (χ1n) is 11.4. The number of halogens is 7. The average molecular weight is 549 g/mol. The van der Waals surface area contributed by atoms with Crippen molar-refractivity contribution in [3.8, 4) is 5.69 Å². The van der Waals surface area contributed by atoms with Gasteiger partial charge in [-0.15, -0.1) is 0 Å². The van der Waals surface area contributed by atoms with Crippen LogP contribution >= 0.6 is 0 Å². The number of fused-ring (bicyclic) bond motifs is 1. The topological polar surface area (TPSA) is 62.2 Å². The molecule has 0 radical (unpaired) electrons. The van der Waals surface area contributed by atoms with Gasteiger partial charge in [-0.2, -0.15) is 31.4 Å². The Hall–Kier alpha value is -4.39. The van der Waals surface area contributed by atoms with Crippen molar-refractivity contribution in [3.05, 3.63) is 101 Å². The summed E-state index contributed by atoms with van der Waals surface area (Å²) in [4.78, 5) is 13.3. The van der Waals surface area contributed by atoms with Gasteiger partial charge in [0.05, 0.1) is 33.9 Å². The first-order valence-corrected chi connectivity index (χ1v) is 11.4. The molecule has 1 aromatic heterocycles. The van der Waals surface area contributed by atoms with E-state index in [1.54, 1.807) is 37.4 Å². The largest absolute Gasteiger partial charge is 0.416 e. The summed E-state index contributed by atoms with van der Waals surface area (Å²) < 4.78 is 97.7. The standard InChI is InChI=1S/C26H18F7N5O/c1-37-10-9-22(35-37)16-12-17(20(27)13-19(16)26(31,32)33)24(39)34-23-18-11-14(25(28,29)30)7-8-21(18)36-38(23)15-5-3-2-4-6-15/h2-13,22,35H,1H3,(H,34,39). The minimum absolute atomic E-state index is 0.0964. The Balaban J connectivity index is 1.63. The number of amides is 1. The molecule has 202 valence electrons. The van der Waals surface area contributed by atoms with Gasteiger partial charge < -0.3 is 10.3 Å². The van der Waals surface area contributed by atoms with Gasteiger partial charge in [-0.1, -0.05) is 18.2 Å². The molecule has 4 aromatic rings. The fourth-order valence-electron chi connectivity index (χ4n) is 4.27. The van der Waals surface area contributed by atoms with Crippen LogP contribution in [0.1, 0.15) is 33.1 Å². The van der Waals surface area contributed by atoms with Crippen LogP contribution in [0, 0.1) is 5.82 Å². The number of rotatable bonds is 4. The molecule has 5 rings (SSSR count). The van der Waals surface area contributed by atoms with Gasteiger partial charge in [0.15, 0.2) is 0 Å². The summed E-state index contributed by atoms with van der Waals surface area (Å²) in [5.74, 6) is -2.84. The van der Waals surface area contributed by atoms with Gasteiger partial charge >= 0.3 is 12.4 Å². The fraction of sp³-hybridized carbons (Fsp3) is 0.154. The minimum Gasteiger partial charge on any atom is -0.318 e. The van der Waals surface area contributed by atoms with Crippen molar-refractivity contribution in [1.82, 2.24) is 20.2 Å². The molecule has 0 spiro atoms. The maximum Gasteiger partial charge on any atom is 0.416 e. The normalized spacial score (nSPS) is 15.8. The molecule has 0 saturated carbocycles. The molecule has 1 aliphatic heterocycles. The lowest BCUT2D eigenvalue weighted by Gasteiger charge is -2.21. The zero-order valence-electron chi connectivity index (χ0n) is 19.9. The highest BCUT2D eigenvalue weighted by Crippen LogP contribution is 2.38. The van der Waals surface area contributed by atoms with Crippen molar-refractivity contribution in [2.45, 2.75) is 18.4 Å². The van der Waals surface area contributed by atoms with E-state index in [4.69, 9.17) is 0 Å². The minimum atomic E-state index is -4.92. The molecule has 2 heterocycles. The second-order valence-electron chi connectivity index (χ2n) is 8.76. The van der Waals surface area contributed by atoms with Gasteiger partial charge in [0.25, 0.3) is 5.91 Å². The second-order valence-corrected chi connectivity index (χ2v) is 8.76. The van der Waals surface area contributed by atoms with E-state index in [1.165, 1.54) is 22.0 Å². The molecule has 0 aliphatic carbocycles. The van der Waals surface area contributed by atoms with Crippen LogP contribution in [0.15, 0.2) is 72.9 Å². The molecule has 1 amide bonds. The van der Waals surface area contributed by atoms with E-state index in [2.05, 4.69) is 15.8 Å². The van der Waals surface area contributed by atoms with Crippen LogP contribution in [0.4, 0.5) is 36.6 Å². The molecule has 1 aliphatic rings. The second kappa shape index (κ2) is 9.42. The lowest BCUT2D eigenvalue weighted by Crippen LogP contribution is -2.29. The molecule has 6 nitrogen and oxygen atoms in total. The third-order valence-corrected chi connectivity index (χ3v) is 6.10. The highest BCUT2D eigenvalue weighted by molar-refractivity contribution is 6.08. The van der Waals surface area contributed by atoms with Crippen LogP contribution in [-0.4, -0.2) is 27.7 Å². The number of para-hydroxylation sites is 1. The van der Waals surface area contributed by atoms with Crippen molar-refractivity contribution < 1.29 is 35.5 Å². The van der Waals surface area contributed by atoms with Crippen LogP contribution in [0.3, 0.4) is 0 Å². The summed E-state index contributed by atoms with van der Waals surface area (Å²) in [6.45, 7) is 0. The van der Waals surface area contributed by atoms with Gasteiger partial charge in [-0.3, -0.25) is 4.79 Å². The van der Waals surface area contributed by atoms with Crippen molar-refractivity contribution in [3.63, 3.8) is 0 Å². The third-order valence-electron chi connectivity index (χ3n) is 6.10. The molecule has 0 fully saturated rings. The number of hydrogen-bond donors (Lipinski definition) is 2. The number of benzene rings is 3. The van der Waals surface area contributed by atoms with E-state index in [9.17, 15) is 35.5 Å². The number of hydrazine groups is 1. The maximum atomic E-state index is 15.0. The monoisotopic (exact) mass is 549 g/mol. The Labute approximate surface area is 216 Å². The molecule has 13 heteroatoms. The number of anilines is 1. The molecule has 0 saturated heterocycles. The van der Waals surface area contributed by atoms with Crippen molar-refractivity contribution in [2.75, 3.05) is 12.4 Å². The Morgan fingerprint density at radius 1 is 0.974 bits per heavy atom. The summed E-state index contributed by atoms with van der Waals surface area (Å²) in [7, 11) is 1.55. The van der Waals surface area contributed by atoms with Crippen LogP contribution in [0.5, 0.6) is 0 Å². The van der Waals surface area contributed by atoms with Crippen molar-refractivity contribution >= 4 is 22.6 Å². The predicted molar refractivity (Wildman–Crippen MR) is 128 cm³/mol. The van der Waals surface area contributed by atoms with Gasteiger partial charge in [0.2, 0.25) is 0 Å². The molecular weight excluding hydrogens is 531 g/mol. The molecule has 1 atom stereocenters. The maximum absolute atomic E-state index is 15.0. The van der Waals surface area contributed by atoms with Gasteiger partial charge in [-0.05, 0) is 54.1 Å². The van der Waals surface area contributed by atoms with Gasteiger partial charge in [0.1, 0.15) is 11.6 Å². The zero-order valence-corrected chi connectivity index (χ0v) is 19.9. The zero-order chi connectivity index (χ0) is 28.1. The Kier molecular flexibility index (Phi) is 6.33. The first-order chi connectivity index (χ1) is 18.3. The summed E-state index contributed by atoms with van der Waals surface area (Å²) in [6.07, 6.45) is -6.75. The molecule has 0 bridgehead atoms. The van der Waals surface area contributed by atoms with E-state index >= 15 is 0 Å².